The summed E-state index contributed by atoms with van der Waals surface area (Å²) < 4.78 is 40.6. The van der Waals surface area contributed by atoms with Crippen molar-refractivity contribution in [2.75, 3.05) is 4.90 Å². The smallest absolute Gasteiger partial charge is 0.335 e. The summed E-state index contributed by atoms with van der Waals surface area (Å²) in [5.41, 5.74) is -0.486. The van der Waals surface area contributed by atoms with Crippen LogP contribution in [-0.2, 0) is 10.0 Å². The van der Waals surface area contributed by atoms with Gasteiger partial charge in [-0.2, -0.15) is 0 Å². The number of carboxylic acids is 1. The van der Waals surface area contributed by atoms with Gasteiger partial charge < -0.3 is 10.0 Å². The number of amides is 1. The maximum absolute atomic E-state index is 14.8. The Morgan fingerprint density at radius 3 is 2.22 bits per heavy atom. The molecule has 1 aromatic carbocycles. The molecule has 0 spiro atoms. The molecule has 2 bridgehead atoms. The van der Waals surface area contributed by atoms with Crippen LogP contribution < -0.4 is 9.62 Å². The summed E-state index contributed by atoms with van der Waals surface area (Å²) in [4.78, 5) is 26.0. The number of sulfonamides is 1. The number of hydrogen-bond donors (Lipinski definition) is 2. The number of hydrogen-bond acceptors (Lipinski definition) is 5. The zero-order valence-corrected chi connectivity index (χ0v) is 15.7. The Kier molecular flexibility index (Phi) is 3.99. The molecule has 2 aliphatic heterocycles. The van der Waals surface area contributed by atoms with Gasteiger partial charge in [0, 0.05) is 12.1 Å². The average Bonchev–Trinajstić information content (AvgIpc) is 3.09. The molecule has 0 unspecified atom stereocenters. The number of nitrogens with one attached hydrogen (secondary N) is 1. The molecule has 1 saturated carbocycles. The highest BCUT2D eigenvalue weighted by Crippen LogP contribution is 2.44. The van der Waals surface area contributed by atoms with Crippen molar-refractivity contribution in [1.29, 1.82) is 0 Å². The van der Waals surface area contributed by atoms with E-state index < -0.39 is 38.0 Å². The molecular weight excluding hydrogens is 375 g/mol. The van der Waals surface area contributed by atoms with Crippen molar-refractivity contribution < 1.29 is 27.5 Å². The van der Waals surface area contributed by atoms with E-state index in [0.29, 0.717) is 12.8 Å². The minimum Gasteiger partial charge on any atom is -0.478 e. The molecule has 27 heavy (non-hydrogen) atoms. The standard InChI is InChI=1S/C18H21FN2O5S/c1-18(6-7-18)27(25,26)20-16(22)15-13(19)8-10(17(23)24)9-14(15)21-11-2-3-12(21)5-4-11/h8-9,11-12H,2-7H2,1H3,(H,20,22)(H,23,24). The lowest BCUT2D eigenvalue weighted by Gasteiger charge is -2.27. The SMILES string of the molecule is CC1(S(=O)(=O)NC(=O)c2c(F)cc(C(=O)O)cc2N2C3CCC2CC3)CC1. The zero-order valence-electron chi connectivity index (χ0n) is 14.9. The second-order valence-electron chi connectivity index (χ2n) is 7.91. The molecule has 4 rings (SSSR count). The molecule has 1 aromatic rings. The van der Waals surface area contributed by atoms with Crippen molar-refractivity contribution in [2.24, 2.45) is 0 Å². The fraction of sp³-hybridized carbons (Fsp3) is 0.556. The minimum atomic E-state index is -3.93. The van der Waals surface area contributed by atoms with Gasteiger partial charge in [-0.05, 0) is 57.6 Å². The predicted octanol–water partition coefficient (Wildman–Crippen LogP) is 2.27. The highest BCUT2D eigenvalue weighted by atomic mass is 32.2. The van der Waals surface area contributed by atoms with Crippen LogP contribution >= 0.6 is 0 Å². The molecule has 3 aliphatic rings. The average molecular weight is 396 g/mol. The molecule has 3 fully saturated rings. The Morgan fingerprint density at radius 2 is 1.74 bits per heavy atom. The van der Waals surface area contributed by atoms with Gasteiger partial charge in [-0.15, -0.1) is 0 Å². The van der Waals surface area contributed by atoms with Crippen molar-refractivity contribution in [1.82, 2.24) is 4.72 Å². The minimum absolute atomic E-state index is 0.113. The fourth-order valence-corrected chi connectivity index (χ4v) is 5.42. The van der Waals surface area contributed by atoms with Crippen LogP contribution in [0.1, 0.15) is 66.2 Å². The lowest BCUT2D eigenvalue weighted by atomic mass is 10.0. The first-order chi connectivity index (χ1) is 12.6. The zero-order chi connectivity index (χ0) is 19.6. The van der Waals surface area contributed by atoms with Crippen LogP contribution in [0.3, 0.4) is 0 Å². The highest BCUT2D eigenvalue weighted by Gasteiger charge is 2.51. The van der Waals surface area contributed by atoms with Gasteiger partial charge in [0.1, 0.15) is 5.82 Å². The van der Waals surface area contributed by atoms with Crippen LogP contribution in [0.15, 0.2) is 12.1 Å². The van der Waals surface area contributed by atoms with E-state index in [4.69, 9.17) is 0 Å². The van der Waals surface area contributed by atoms with Crippen LogP contribution in [-0.4, -0.2) is 42.2 Å². The number of carbonyl (C=O) groups excluding carboxylic acids is 1. The van der Waals surface area contributed by atoms with Gasteiger partial charge in [0.25, 0.3) is 5.91 Å². The maximum Gasteiger partial charge on any atom is 0.335 e. The van der Waals surface area contributed by atoms with Crippen molar-refractivity contribution >= 4 is 27.6 Å². The molecule has 146 valence electrons. The summed E-state index contributed by atoms with van der Waals surface area (Å²) in [5.74, 6) is -3.37. The van der Waals surface area contributed by atoms with Crippen LogP contribution in [0, 0.1) is 5.82 Å². The quantitative estimate of drug-likeness (QED) is 0.791. The number of carboxylic acid groups (broad SMARTS) is 1. The normalized spacial score (nSPS) is 25.5. The number of aromatic carboxylic acids is 1. The summed E-state index contributed by atoms with van der Waals surface area (Å²) in [6, 6.07) is 2.28. The molecule has 9 heteroatoms. The monoisotopic (exact) mass is 396 g/mol. The first-order valence-corrected chi connectivity index (χ1v) is 10.5. The van der Waals surface area contributed by atoms with Crippen molar-refractivity contribution in [3.05, 3.63) is 29.1 Å². The Balaban J connectivity index is 1.77. The molecule has 1 amide bonds. The van der Waals surface area contributed by atoms with E-state index in [1.165, 1.54) is 13.0 Å². The van der Waals surface area contributed by atoms with Gasteiger partial charge in [-0.25, -0.2) is 22.3 Å². The Hall–Kier alpha value is -2.16. The first kappa shape index (κ1) is 18.2. The topological polar surface area (TPSA) is 104 Å². The van der Waals surface area contributed by atoms with E-state index in [-0.39, 0.29) is 23.3 Å². The Labute approximate surface area is 156 Å². The third-order valence-corrected chi connectivity index (χ3v) is 8.26. The number of anilines is 1. The van der Waals surface area contributed by atoms with Gasteiger partial charge in [0.05, 0.1) is 21.6 Å². The number of nitrogens with zero attached hydrogens (tertiary/aromatic N) is 1. The number of fused-ring (bicyclic) bond motifs is 2. The van der Waals surface area contributed by atoms with Crippen molar-refractivity contribution in [3.63, 3.8) is 0 Å². The Morgan fingerprint density at radius 1 is 1.19 bits per heavy atom. The summed E-state index contributed by atoms with van der Waals surface area (Å²) in [6.07, 6.45) is 4.45. The van der Waals surface area contributed by atoms with E-state index in [9.17, 15) is 27.5 Å². The third-order valence-electron chi connectivity index (χ3n) is 6.10. The van der Waals surface area contributed by atoms with Crippen LogP contribution in [0.2, 0.25) is 0 Å². The second-order valence-corrected chi connectivity index (χ2v) is 10.1. The second kappa shape index (κ2) is 5.92. The van der Waals surface area contributed by atoms with Gasteiger partial charge in [-0.1, -0.05) is 0 Å². The third kappa shape index (κ3) is 2.88. The summed E-state index contributed by atoms with van der Waals surface area (Å²) in [6.45, 7) is 1.54. The van der Waals surface area contributed by atoms with E-state index in [2.05, 4.69) is 0 Å². The van der Waals surface area contributed by atoms with Gasteiger partial charge >= 0.3 is 5.97 Å². The molecule has 2 saturated heterocycles. The van der Waals surface area contributed by atoms with Crippen LogP contribution in [0.25, 0.3) is 0 Å². The summed E-state index contributed by atoms with van der Waals surface area (Å²) in [5, 5.41) is 9.27. The highest BCUT2D eigenvalue weighted by molar-refractivity contribution is 7.91. The number of halogens is 1. The number of carbonyl (C=O) groups is 2. The van der Waals surface area contributed by atoms with Gasteiger partial charge in [0.2, 0.25) is 10.0 Å². The number of benzene rings is 1. The van der Waals surface area contributed by atoms with E-state index in [1.54, 1.807) is 0 Å². The maximum atomic E-state index is 14.8. The largest absolute Gasteiger partial charge is 0.478 e. The first-order valence-electron chi connectivity index (χ1n) is 9.05. The van der Waals surface area contributed by atoms with Crippen LogP contribution in [0.5, 0.6) is 0 Å². The van der Waals surface area contributed by atoms with Crippen molar-refractivity contribution in [3.8, 4) is 0 Å². The molecule has 0 aromatic heterocycles. The molecule has 7 nitrogen and oxygen atoms in total. The van der Waals surface area contributed by atoms with Crippen LogP contribution in [0.4, 0.5) is 10.1 Å². The molecule has 2 N–H and O–H groups in total. The summed E-state index contributed by atoms with van der Waals surface area (Å²) in [7, 11) is -3.93. The fourth-order valence-electron chi connectivity index (χ4n) is 4.19. The predicted molar refractivity (Wildman–Crippen MR) is 95.9 cm³/mol. The molecule has 0 radical (unpaired) electrons. The molecule has 2 heterocycles. The lowest BCUT2D eigenvalue weighted by Crippen LogP contribution is -2.40. The molecule has 0 atom stereocenters. The summed E-state index contributed by atoms with van der Waals surface area (Å²) >= 11 is 0. The van der Waals surface area contributed by atoms with Crippen molar-refractivity contribution in [2.45, 2.75) is 62.3 Å². The van der Waals surface area contributed by atoms with E-state index in [1.807, 2.05) is 9.62 Å². The lowest BCUT2D eigenvalue weighted by molar-refractivity contribution is 0.0695. The van der Waals surface area contributed by atoms with E-state index >= 15 is 0 Å². The molecule has 1 aliphatic carbocycles. The van der Waals surface area contributed by atoms with Gasteiger partial charge in [0.15, 0.2) is 0 Å². The van der Waals surface area contributed by atoms with Gasteiger partial charge in [-0.3, -0.25) is 4.79 Å². The molecular formula is C18H21FN2O5S. The van der Waals surface area contributed by atoms with E-state index in [0.717, 1.165) is 31.7 Å². The Bertz CT molecular complexity index is 921. The number of rotatable bonds is 5.